The van der Waals surface area contributed by atoms with E-state index in [-0.39, 0.29) is 17.7 Å². The predicted octanol–water partition coefficient (Wildman–Crippen LogP) is 6.70. The molecule has 0 bridgehead atoms. The van der Waals surface area contributed by atoms with E-state index in [1.807, 2.05) is 55.5 Å². The van der Waals surface area contributed by atoms with Gasteiger partial charge >= 0.3 is 5.97 Å². The minimum Gasteiger partial charge on any atom is -0.493 e. The number of halogens is 1. The lowest BCUT2D eigenvalue weighted by Crippen LogP contribution is -2.40. The van der Waals surface area contributed by atoms with E-state index < -0.39 is 12.0 Å². The van der Waals surface area contributed by atoms with Crippen LogP contribution in [0.5, 0.6) is 17.2 Å². The Balaban J connectivity index is 1.36. The maximum Gasteiger partial charge on any atom is 0.338 e. The summed E-state index contributed by atoms with van der Waals surface area (Å²) in [5.74, 6) is 1.21. The normalized spacial score (nSPS) is 14.5. The highest BCUT2D eigenvalue weighted by Gasteiger charge is 2.35. The summed E-state index contributed by atoms with van der Waals surface area (Å²) in [6.45, 7) is 6.45. The second kappa shape index (κ2) is 14.0. The van der Waals surface area contributed by atoms with E-state index in [1.54, 1.807) is 37.7 Å². The zero-order valence-corrected chi connectivity index (χ0v) is 28.8. The van der Waals surface area contributed by atoms with Crippen molar-refractivity contribution in [2.24, 2.45) is 4.99 Å². The summed E-state index contributed by atoms with van der Waals surface area (Å²) >= 11 is 4.93. The average Bonchev–Trinajstić information content (AvgIpc) is 3.37. The number of allylic oxidation sites excluding steroid dienone is 1. The average molecular weight is 714 g/mol. The third-order valence-electron chi connectivity index (χ3n) is 7.85. The van der Waals surface area contributed by atoms with Crippen molar-refractivity contribution in [2.75, 3.05) is 20.3 Å². The van der Waals surface area contributed by atoms with Crippen molar-refractivity contribution in [3.63, 3.8) is 0 Å². The van der Waals surface area contributed by atoms with E-state index in [0.717, 1.165) is 22.3 Å². The maximum atomic E-state index is 14.1. The number of rotatable bonds is 10. The maximum absolute atomic E-state index is 14.1. The summed E-state index contributed by atoms with van der Waals surface area (Å²) in [6.07, 6.45) is 1.83. The number of thiazole rings is 1. The number of ether oxygens (including phenoxy) is 4. The van der Waals surface area contributed by atoms with Gasteiger partial charge in [-0.3, -0.25) is 9.36 Å². The predicted molar refractivity (Wildman–Crippen MR) is 187 cm³/mol. The van der Waals surface area contributed by atoms with Gasteiger partial charge in [-0.2, -0.15) is 0 Å². The Kier molecular flexibility index (Phi) is 9.60. The van der Waals surface area contributed by atoms with Crippen LogP contribution >= 0.6 is 27.3 Å². The molecule has 0 fully saturated rings. The van der Waals surface area contributed by atoms with E-state index >= 15 is 0 Å². The Morgan fingerprint density at radius 3 is 2.49 bits per heavy atom. The molecule has 2 heterocycles. The molecule has 0 saturated heterocycles. The number of nitrogens with zero attached hydrogens (tertiary/aromatic N) is 2. The van der Waals surface area contributed by atoms with Gasteiger partial charge in [0.05, 0.1) is 42.2 Å². The van der Waals surface area contributed by atoms with E-state index in [9.17, 15) is 9.59 Å². The molecular formula is C37H33BrN2O6S. The molecule has 6 rings (SSSR count). The number of hydrogen-bond acceptors (Lipinski definition) is 8. The number of methoxy groups -OCH3 is 1. The SMILES string of the molecule is CCOC(=O)C1=C(C)N=c2s/c(=C/c3ccc(OCc4cccc5ccccc45)cc3)c(=O)n2[C@@H]1c1cc(OC)c(OCC)cc1Br. The van der Waals surface area contributed by atoms with Crippen molar-refractivity contribution in [3.05, 3.63) is 131 Å². The number of benzene rings is 4. The molecule has 0 spiro atoms. The Morgan fingerprint density at radius 1 is 0.979 bits per heavy atom. The highest BCUT2D eigenvalue weighted by atomic mass is 79.9. The van der Waals surface area contributed by atoms with E-state index in [0.29, 0.717) is 49.8 Å². The highest BCUT2D eigenvalue weighted by Crippen LogP contribution is 2.41. The fourth-order valence-electron chi connectivity index (χ4n) is 5.67. The Bertz CT molecular complexity index is 2180. The molecule has 0 aliphatic carbocycles. The summed E-state index contributed by atoms with van der Waals surface area (Å²) in [5.41, 5.74) is 3.07. The number of aromatic nitrogens is 1. The van der Waals surface area contributed by atoms with Gasteiger partial charge in [0.1, 0.15) is 12.4 Å². The van der Waals surface area contributed by atoms with E-state index in [2.05, 4.69) is 45.2 Å². The lowest BCUT2D eigenvalue weighted by Gasteiger charge is -2.26. The molecule has 1 aromatic heterocycles. The number of carbonyl (C=O) groups is 1. The number of fused-ring (bicyclic) bond motifs is 2. The lowest BCUT2D eigenvalue weighted by molar-refractivity contribution is -0.139. The first-order valence-corrected chi connectivity index (χ1v) is 16.8. The van der Waals surface area contributed by atoms with Crippen LogP contribution in [0.15, 0.2) is 104 Å². The van der Waals surface area contributed by atoms with Gasteiger partial charge in [-0.15, -0.1) is 0 Å². The topological polar surface area (TPSA) is 88.4 Å². The Morgan fingerprint density at radius 2 is 1.74 bits per heavy atom. The molecule has 4 aromatic carbocycles. The fraction of sp³-hybridized carbons (Fsp3) is 0.216. The van der Waals surface area contributed by atoms with Crippen LogP contribution in [0.3, 0.4) is 0 Å². The summed E-state index contributed by atoms with van der Waals surface area (Å²) in [6, 6.07) is 24.8. The van der Waals surface area contributed by atoms with Gasteiger partial charge in [0.15, 0.2) is 16.3 Å². The zero-order valence-electron chi connectivity index (χ0n) is 26.4. The molecular weight excluding hydrogens is 680 g/mol. The van der Waals surface area contributed by atoms with Crippen LogP contribution in [0.4, 0.5) is 0 Å². The molecule has 0 amide bonds. The largest absolute Gasteiger partial charge is 0.493 e. The molecule has 240 valence electrons. The molecule has 5 aromatic rings. The van der Waals surface area contributed by atoms with E-state index in [4.69, 9.17) is 18.9 Å². The molecule has 47 heavy (non-hydrogen) atoms. The molecule has 0 N–H and O–H groups in total. The Labute approximate surface area is 284 Å². The standard InChI is InChI=1S/C37H33BrN2O6S/c1-5-44-31-20-29(38)28(19-30(31)43-4)34-33(36(42)45-6-2)22(3)39-37-40(34)35(41)32(47-37)18-23-14-16-26(17-15-23)46-21-25-12-9-11-24-10-7-8-13-27(24)25/h7-20,34H,5-6,21H2,1-4H3/b32-18+/t34-/m1/s1. The van der Waals surface area contributed by atoms with Crippen LogP contribution in [0.25, 0.3) is 16.8 Å². The third kappa shape index (κ3) is 6.48. The first-order chi connectivity index (χ1) is 22.8. The van der Waals surface area contributed by atoms with Gasteiger partial charge in [-0.25, -0.2) is 9.79 Å². The summed E-state index contributed by atoms with van der Waals surface area (Å²) in [4.78, 5) is 32.6. The van der Waals surface area contributed by atoms with Gasteiger partial charge in [0, 0.05) is 4.47 Å². The van der Waals surface area contributed by atoms with Crippen LogP contribution in [-0.2, 0) is 16.1 Å². The van der Waals surface area contributed by atoms with E-state index in [1.165, 1.54) is 16.7 Å². The van der Waals surface area contributed by atoms with Crippen molar-refractivity contribution in [1.29, 1.82) is 0 Å². The monoisotopic (exact) mass is 712 g/mol. The molecule has 1 aliphatic rings. The van der Waals surface area contributed by atoms with Gasteiger partial charge in [-0.05, 0) is 78.6 Å². The Hall–Kier alpha value is -4.67. The van der Waals surface area contributed by atoms with Gasteiger partial charge < -0.3 is 18.9 Å². The zero-order chi connectivity index (χ0) is 33.1. The van der Waals surface area contributed by atoms with Crippen molar-refractivity contribution < 1.29 is 23.7 Å². The quantitative estimate of drug-likeness (QED) is 0.150. The summed E-state index contributed by atoms with van der Waals surface area (Å²) in [5, 5.41) is 2.34. The molecule has 8 nitrogen and oxygen atoms in total. The van der Waals surface area contributed by atoms with Crippen LogP contribution in [0.2, 0.25) is 0 Å². The fourth-order valence-corrected chi connectivity index (χ4v) is 7.25. The first-order valence-electron chi connectivity index (χ1n) is 15.2. The molecule has 10 heteroatoms. The number of hydrogen-bond donors (Lipinski definition) is 0. The minimum absolute atomic E-state index is 0.183. The second-order valence-electron chi connectivity index (χ2n) is 10.8. The molecule has 1 aliphatic heterocycles. The van der Waals surface area contributed by atoms with Gasteiger partial charge in [-0.1, -0.05) is 81.9 Å². The van der Waals surface area contributed by atoms with Crippen molar-refractivity contribution in [1.82, 2.24) is 4.57 Å². The third-order valence-corrected chi connectivity index (χ3v) is 9.52. The van der Waals surface area contributed by atoms with Crippen LogP contribution in [-0.4, -0.2) is 30.9 Å². The van der Waals surface area contributed by atoms with Crippen molar-refractivity contribution >= 4 is 50.1 Å². The van der Waals surface area contributed by atoms with Crippen LogP contribution in [0, 0.1) is 0 Å². The van der Waals surface area contributed by atoms with Gasteiger partial charge in [0.25, 0.3) is 5.56 Å². The molecule has 0 radical (unpaired) electrons. The first kappa shape index (κ1) is 32.3. The second-order valence-corrected chi connectivity index (χ2v) is 12.6. The number of carbonyl (C=O) groups excluding carboxylic acids is 1. The van der Waals surface area contributed by atoms with Crippen molar-refractivity contribution in [2.45, 2.75) is 33.4 Å². The number of esters is 1. The van der Waals surface area contributed by atoms with Crippen LogP contribution < -0.4 is 29.1 Å². The lowest BCUT2D eigenvalue weighted by atomic mass is 9.95. The smallest absolute Gasteiger partial charge is 0.338 e. The van der Waals surface area contributed by atoms with Crippen molar-refractivity contribution in [3.8, 4) is 17.2 Å². The summed E-state index contributed by atoms with van der Waals surface area (Å²) < 4.78 is 25.6. The van der Waals surface area contributed by atoms with Gasteiger partial charge in [0.2, 0.25) is 0 Å². The minimum atomic E-state index is -0.809. The van der Waals surface area contributed by atoms with Crippen LogP contribution in [0.1, 0.15) is 43.5 Å². The summed E-state index contributed by atoms with van der Waals surface area (Å²) in [7, 11) is 1.55. The molecule has 1 atom stereocenters. The molecule has 0 unspecified atom stereocenters. The molecule has 0 saturated carbocycles. The highest BCUT2D eigenvalue weighted by molar-refractivity contribution is 9.10.